The molecule has 7 heteroatoms. The van der Waals surface area contributed by atoms with Crippen molar-refractivity contribution in [2.24, 2.45) is 0 Å². The maximum Gasteiger partial charge on any atom is 0.259 e. The highest BCUT2D eigenvalue weighted by molar-refractivity contribution is 6.30. The van der Waals surface area contributed by atoms with Crippen LogP contribution in [-0.4, -0.2) is 28.1 Å². The first kappa shape index (κ1) is 18.3. The van der Waals surface area contributed by atoms with Crippen LogP contribution in [0, 0.1) is 6.92 Å². The number of aromatic nitrogens is 2. The Kier molecular flexibility index (Phi) is 4.88. The number of carbonyl (C=O) groups is 2. The standard InChI is InChI=1S/C21H19ClN4O2/c1-14-17(13-23-26(14)16-10-8-15(22)9-11-16)21(28)24-18-5-2-3-6-19(18)25-12-4-7-20(25)27/h2-3,5-6,8-11,13H,4,7,12H2,1H3,(H,24,28). The van der Waals surface area contributed by atoms with E-state index in [0.717, 1.165) is 23.5 Å². The van der Waals surface area contributed by atoms with Gasteiger partial charge in [0.2, 0.25) is 5.91 Å². The summed E-state index contributed by atoms with van der Waals surface area (Å²) in [7, 11) is 0. The molecule has 1 aromatic heterocycles. The molecule has 3 aromatic rings. The predicted molar refractivity (Wildman–Crippen MR) is 109 cm³/mol. The van der Waals surface area contributed by atoms with Crippen LogP contribution in [0.1, 0.15) is 28.9 Å². The molecule has 1 aliphatic rings. The van der Waals surface area contributed by atoms with Gasteiger partial charge in [0.15, 0.2) is 0 Å². The van der Waals surface area contributed by atoms with Gasteiger partial charge in [0, 0.05) is 18.0 Å². The summed E-state index contributed by atoms with van der Waals surface area (Å²) in [5, 5.41) is 7.91. The van der Waals surface area contributed by atoms with E-state index in [9.17, 15) is 9.59 Å². The molecule has 0 saturated carbocycles. The zero-order valence-corrected chi connectivity index (χ0v) is 16.1. The van der Waals surface area contributed by atoms with E-state index in [1.165, 1.54) is 0 Å². The second-order valence-electron chi connectivity index (χ2n) is 6.65. The molecule has 1 N–H and O–H groups in total. The Bertz CT molecular complexity index is 1040. The van der Waals surface area contributed by atoms with Crippen molar-refractivity contribution in [1.82, 2.24) is 9.78 Å². The normalized spacial score (nSPS) is 13.8. The molecular formula is C21H19ClN4O2. The molecule has 6 nitrogen and oxygen atoms in total. The number of hydrogen-bond donors (Lipinski definition) is 1. The van der Waals surface area contributed by atoms with Gasteiger partial charge in [0.1, 0.15) is 0 Å². The summed E-state index contributed by atoms with van der Waals surface area (Å²) < 4.78 is 1.70. The number of nitrogens with zero attached hydrogens (tertiary/aromatic N) is 3. The highest BCUT2D eigenvalue weighted by Crippen LogP contribution is 2.30. The Labute approximate surface area is 167 Å². The van der Waals surface area contributed by atoms with Crippen LogP contribution in [0.15, 0.2) is 54.7 Å². The van der Waals surface area contributed by atoms with Gasteiger partial charge in [0.05, 0.1) is 34.5 Å². The van der Waals surface area contributed by atoms with Gasteiger partial charge in [0.25, 0.3) is 5.91 Å². The first-order valence-electron chi connectivity index (χ1n) is 9.06. The minimum atomic E-state index is -0.267. The highest BCUT2D eigenvalue weighted by atomic mass is 35.5. The zero-order chi connectivity index (χ0) is 19.7. The number of anilines is 2. The second-order valence-corrected chi connectivity index (χ2v) is 7.09. The average Bonchev–Trinajstić information content (AvgIpc) is 3.28. The van der Waals surface area contributed by atoms with Gasteiger partial charge in [-0.1, -0.05) is 23.7 Å². The molecule has 0 atom stereocenters. The molecule has 0 aliphatic carbocycles. The van der Waals surface area contributed by atoms with Crippen molar-refractivity contribution in [2.45, 2.75) is 19.8 Å². The molecule has 0 spiro atoms. The summed E-state index contributed by atoms with van der Waals surface area (Å²) in [6.07, 6.45) is 2.91. The van der Waals surface area contributed by atoms with Crippen LogP contribution in [0.25, 0.3) is 5.69 Å². The number of benzene rings is 2. The largest absolute Gasteiger partial charge is 0.320 e. The first-order valence-corrected chi connectivity index (χ1v) is 9.43. The van der Waals surface area contributed by atoms with Crippen LogP contribution in [-0.2, 0) is 4.79 Å². The van der Waals surface area contributed by atoms with Crippen molar-refractivity contribution in [3.05, 3.63) is 71.0 Å². The lowest BCUT2D eigenvalue weighted by Gasteiger charge is -2.19. The van der Waals surface area contributed by atoms with Gasteiger partial charge in [-0.2, -0.15) is 5.10 Å². The fourth-order valence-electron chi connectivity index (χ4n) is 3.38. The van der Waals surface area contributed by atoms with Gasteiger partial charge >= 0.3 is 0 Å². The number of hydrogen-bond acceptors (Lipinski definition) is 3. The van der Waals surface area contributed by atoms with Crippen LogP contribution >= 0.6 is 11.6 Å². The lowest BCUT2D eigenvalue weighted by molar-refractivity contribution is -0.117. The number of carbonyl (C=O) groups excluding carboxylic acids is 2. The molecule has 142 valence electrons. The molecule has 0 unspecified atom stereocenters. The lowest BCUT2D eigenvalue weighted by atomic mass is 10.2. The summed E-state index contributed by atoms with van der Waals surface area (Å²) in [5.74, 6) is -0.190. The molecule has 2 heterocycles. The van der Waals surface area contributed by atoms with E-state index >= 15 is 0 Å². The van der Waals surface area contributed by atoms with Crippen LogP contribution < -0.4 is 10.2 Å². The Morgan fingerprint density at radius 1 is 1.14 bits per heavy atom. The van der Waals surface area contributed by atoms with Crippen LogP contribution in [0.4, 0.5) is 11.4 Å². The topological polar surface area (TPSA) is 67.2 Å². The van der Waals surface area contributed by atoms with E-state index in [4.69, 9.17) is 11.6 Å². The maximum absolute atomic E-state index is 12.9. The quantitative estimate of drug-likeness (QED) is 0.720. The summed E-state index contributed by atoms with van der Waals surface area (Å²) in [6.45, 7) is 2.51. The SMILES string of the molecule is Cc1c(C(=O)Nc2ccccc2N2CCCC2=O)cnn1-c1ccc(Cl)cc1. The lowest BCUT2D eigenvalue weighted by Crippen LogP contribution is -2.25. The Morgan fingerprint density at radius 2 is 1.89 bits per heavy atom. The fourth-order valence-corrected chi connectivity index (χ4v) is 3.51. The maximum atomic E-state index is 12.9. The summed E-state index contributed by atoms with van der Waals surface area (Å²) in [5.41, 5.74) is 3.35. The van der Waals surface area contributed by atoms with Crippen molar-refractivity contribution in [1.29, 1.82) is 0 Å². The van der Waals surface area contributed by atoms with E-state index in [1.54, 1.807) is 34.0 Å². The number of rotatable bonds is 4. The Balaban J connectivity index is 1.60. The monoisotopic (exact) mass is 394 g/mol. The van der Waals surface area contributed by atoms with E-state index in [-0.39, 0.29) is 11.8 Å². The van der Waals surface area contributed by atoms with E-state index in [1.807, 2.05) is 37.3 Å². The summed E-state index contributed by atoms with van der Waals surface area (Å²) in [6, 6.07) is 14.6. The molecule has 0 radical (unpaired) electrons. The number of nitrogens with one attached hydrogen (secondary N) is 1. The Hall–Kier alpha value is -3.12. The Morgan fingerprint density at radius 3 is 2.61 bits per heavy atom. The van der Waals surface area contributed by atoms with E-state index < -0.39 is 0 Å². The van der Waals surface area contributed by atoms with Gasteiger partial charge in [-0.3, -0.25) is 9.59 Å². The molecule has 28 heavy (non-hydrogen) atoms. The second kappa shape index (κ2) is 7.48. The third-order valence-electron chi connectivity index (χ3n) is 4.84. The third-order valence-corrected chi connectivity index (χ3v) is 5.09. The van der Waals surface area contributed by atoms with Crippen molar-refractivity contribution >= 4 is 34.8 Å². The van der Waals surface area contributed by atoms with Gasteiger partial charge in [-0.15, -0.1) is 0 Å². The average molecular weight is 395 g/mol. The van der Waals surface area contributed by atoms with Crippen molar-refractivity contribution in [3.63, 3.8) is 0 Å². The van der Waals surface area contributed by atoms with Gasteiger partial charge in [-0.25, -0.2) is 4.68 Å². The highest BCUT2D eigenvalue weighted by Gasteiger charge is 2.25. The van der Waals surface area contributed by atoms with E-state index in [2.05, 4.69) is 10.4 Å². The van der Waals surface area contributed by atoms with Crippen molar-refractivity contribution in [2.75, 3.05) is 16.8 Å². The van der Waals surface area contributed by atoms with Gasteiger partial charge < -0.3 is 10.2 Å². The van der Waals surface area contributed by atoms with E-state index in [0.29, 0.717) is 29.2 Å². The molecular weight excluding hydrogens is 376 g/mol. The molecule has 1 aliphatic heterocycles. The number of halogens is 1. The van der Waals surface area contributed by atoms with Crippen LogP contribution in [0.2, 0.25) is 5.02 Å². The smallest absolute Gasteiger partial charge is 0.259 e. The molecule has 1 saturated heterocycles. The summed E-state index contributed by atoms with van der Waals surface area (Å²) >= 11 is 5.94. The summed E-state index contributed by atoms with van der Waals surface area (Å²) in [4.78, 5) is 26.7. The molecule has 0 bridgehead atoms. The predicted octanol–water partition coefficient (Wildman–Crippen LogP) is 4.21. The van der Waals surface area contributed by atoms with Crippen molar-refractivity contribution in [3.8, 4) is 5.69 Å². The van der Waals surface area contributed by atoms with Crippen LogP contribution in [0.3, 0.4) is 0 Å². The zero-order valence-electron chi connectivity index (χ0n) is 15.4. The number of amides is 2. The molecule has 4 rings (SSSR count). The van der Waals surface area contributed by atoms with Gasteiger partial charge in [-0.05, 0) is 49.7 Å². The minimum Gasteiger partial charge on any atom is -0.320 e. The number of para-hydroxylation sites is 2. The van der Waals surface area contributed by atoms with Crippen LogP contribution in [0.5, 0.6) is 0 Å². The van der Waals surface area contributed by atoms with Crippen molar-refractivity contribution < 1.29 is 9.59 Å². The minimum absolute atomic E-state index is 0.0773. The fraction of sp³-hybridized carbons (Fsp3) is 0.190. The molecule has 2 aromatic carbocycles. The third kappa shape index (κ3) is 3.39. The molecule has 1 fully saturated rings. The first-order chi connectivity index (χ1) is 13.5. The molecule has 2 amide bonds.